The molecule has 0 unspecified atom stereocenters. The van der Waals surface area contributed by atoms with E-state index in [-0.39, 0.29) is 11.0 Å². The molecule has 170 valence electrons. The SMILES string of the molecule is Cc1cc2oc(=O)cc(CN3CCN(C(=O)C45CC6CC(CC(C6)C4)C5)CC3)c2cc1C. The van der Waals surface area contributed by atoms with E-state index in [1.807, 2.05) is 13.0 Å². The molecule has 1 aromatic carbocycles. The number of piperazine rings is 1. The molecule has 0 radical (unpaired) electrons. The van der Waals surface area contributed by atoms with E-state index in [1.54, 1.807) is 6.07 Å². The van der Waals surface area contributed by atoms with Gasteiger partial charge in [-0.2, -0.15) is 0 Å². The summed E-state index contributed by atoms with van der Waals surface area (Å²) in [5.41, 5.74) is 3.71. The molecule has 2 aromatic rings. The largest absolute Gasteiger partial charge is 0.423 e. The number of hydrogen-bond acceptors (Lipinski definition) is 4. The smallest absolute Gasteiger partial charge is 0.336 e. The highest BCUT2D eigenvalue weighted by Crippen LogP contribution is 2.60. The van der Waals surface area contributed by atoms with Crippen LogP contribution >= 0.6 is 0 Å². The molecule has 1 aliphatic heterocycles. The van der Waals surface area contributed by atoms with Gasteiger partial charge in [-0.3, -0.25) is 9.69 Å². The lowest BCUT2D eigenvalue weighted by Crippen LogP contribution is -2.58. The summed E-state index contributed by atoms with van der Waals surface area (Å²) < 4.78 is 5.47. The summed E-state index contributed by atoms with van der Waals surface area (Å²) in [4.78, 5) is 30.4. The molecule has 5 nitrogen and oxygen atoms in total. The maximum absolute atomic E-state index is 13.7. The van der Waals surface area contributed by atoms with Crippen LogP contribution < -0.4 is 5.63 Å². The number of carbonyl (C=O) groups is 1. The van der Waals surface area contributed by atoms with E-state index in [9.17, 15) is 9.59 Å². The number of aryl methyl sites for hydroxylation is 2. The van der Waals surface area contributed by atoms with E-state index < -0.39 is 0 Å². The quantitative estimate of drug-likeness (QED) is 0.677. The van der Waals surface area contributed by atoms with Crippen molar-refractivity contribution in [2.45, 2.75) is 58.9 Å². The zero-order valence-electron chi connectivity index (χ0n) is 19.4. The zero-order valence-corrected chi connectivity index (χ0v) is 19.4. The fraction of sp³-hybridized carbons (Fsp3) is 0.630. The van der Waals surface area contributed by atoms with Gasteiger partial charge in [0.1, 0.15) is 5.58 Å². The second-order valence-electron chi connectivity index (χ2n) is 11.3. The number of fused-ring (bicyclic) bond motifs is 1. The zero-order chi connectivity index (χ0) is 22.0. The van der Waals surface area contributed by atoms with Crippen molar-refractivity contribution in [1.82, 2.24) is 9.80 Å². The van der Waals surface area contributed by atoms with Crippen LogP contribution in [0.5, 0.6) is 0 Å². The van der Waals surface area contributed by atoms with Crippen LogP contribution in [0.2, 0.25) is 0 Å². The predicted octanol–water partition coefficient (Wildman–Crippen LogP) is 4.27. The Bertz CT molecular complexity index is 1090. The highest BCUT2D eigenvalue weighted by molar-refractivity contribution is 5.83. The first kappa shape index (κ1) is 20.5. The normalized spacial score (nSPS) is 32.1. The number of nitrogens with zero attached hydrogens (tertiary/aromatic N) is 2. The van der Waals surface area contributed by atoms with E-state index in [2.05, 4.69) is 22.8 Å². The Morgan fingerprint density at radius 1 is 0.938 bits per heavy atom. The van der Waals surface area contributed by atoms with Crippen molar-refractivity contribution in [3.05, 3.63) is 45.3 Å². The van der Waals surface area contributed by atoms with Crippen molar-refractivity contribution in [1.29, 1.82) is 0 Å². The molecule has 7 rings (SSSR count). The first-order valence-electron chi connectivity index (χ1n) is 12.4. The van der Waals surface area contributed by atoms with E-state index in [0.717, 1.165) is 86.3 Å². The molecule has 4 saturated carbocycles. The van der Waals surface area contributed by atoms with Crippen molar-refractivity contribution in [3.63, 3.8) is 0 Å². The third-order valence-electron chi connectivity index (χ3n) is 8.99. The molecular weight excluding hydrogens is 400 g/mol. The third kappa shape index (κ3) is 3.40. The highest BCUT2D eigenvalue weighted by Gasteiger charge is 2.55. The summed E-state index contributed by atoms with van der Waals surface area (Å²) in [6.07, 6.45) is 7.54. The Hall–Kier alpha value is -2.14. The van der Waals surface area contributed by atoms with Gasteiger partial charge in [0.05, 0.1) is 5.41 Å². The van der Waals surface area contributed by atoms with Crippen molar-refractivity contribution in [2.24, 2.45) is 23.2 Å². The second-order valence-corrected chi connectivity index (χ2v) is 11.3. The highest BCUT2D eigenvalue weighted by atomic mass is 16.4. The van der Waals surface area contributed by atoms with Crippen LogP contribution in [0.25, 0.3) is 11.0 Å². The lowest BCUT2D eigenvalue weighted by atomic mass is 9.49. The Morgan fingerprint density at radius 2 is 1.53 bits per heavy atom. The van der Waals surface area contributed by atoms with Crippen LogP contribution in [-0.2, 0) is 11.3 Å². The Kier molecular flexibility index (Phi) is 4.76. The molecule has 5 fully saturated rings. The van der Waals surface area contributed by atoms with Crippen LogP contribution in [0.3, 0.4) is 0 Å². The lowest BCUT2D eigenvalue weighted by Gasteiger charge is -2.57. The first-order valence-corrected chi connectivity index (χ1v) is 12.4. The van der Waals surface area contributed by atoms with Gasteiger partial charge in [-0.25, -0.2) is 4.79 Å². The van der Waals surface area contributed by atoms with Crippen LogP contribution in [0.4, 0.5) is 0 Å². The van der Waals surface area contributed by atoms with E-state index in [1.165, 1.54) is 24.8 Å². The molecule has 4 aliphatic carbocycles. The Morgan fingerprint density at radius 3 is 2.16 bits per heavy atom. The minimum atomic E-state index is -0.286. The van der Waals surface area contributed by atoms with E-state index in [4.69, 9.17) is 4.42 Å². The van der Waals surface area contributed by atoms with Crippen molar-refractivity contribution >= 4 is 16.9 Å². The second kappa shape index (κ2) is 7.44. The Labute approximate surface area is 189 Å². The number of hydrogen-bond donors (Lipinski definition) is 0. The number of benzene rings is 1. The van der Waals surface area contributed by atoms with Gasteiger partial charge < -0.3 is 9.32 Å². The monoisotopic (exact) mass is 434 g/mol. The van der Waals surface area contributed by atoms with Crippen LogP contribution in [0, 0.1) is 37.0 Å². The molecule has 1 saturated heterocycles. The van der Waals surface area contributed by atoms with Gasteiger partial charge in [-0.1, -0.05) is 0 Å². The van der Waals surface area contributed by atoms with E-state index in [0.29, 0.717) is 11.5 Å². The lowest BCUT2D eigenvalue weighted by molar-refractivity contribution is -0.159. The molecule has 4 bridgehead atoms. The summed E-state index contributed by atoms with van der Waals surface area (Å²) in [6, 6.07) is 5.75. The molecule has 32 heavy (non-hydrogen) atoms. The standard InChI is InChI=1S/C27H34N2O3/c1-17-7-23-22(12-25(30)32-24(23)8-18(17)2)16-28-3-5-29(6-4-28)26(31)27-13-19-9-20(14-27)11-21(10-19)15-27/h7-8,12,19-21H,3-6,9-11,13-16H2,1-2H3. The van der Waals surface area contributed by atoms with Gasteiger partial charge in [-0.05, 0) is 98.9 Å². The predicted molar refractivity (Wildman–Crippen MR) is 124 cm³/mol. The molecule has 1 aromatic heterocycles. The molecule has 0 atom stereocenters. The maximum atomic E-state index is 13.7. The van der Waals surface area contributed by atoms with Crippen molar-refractivity contribution in [2.75, 3.05) is 26.2 Å². The van der Waals surface area contributed by atoms with Gasteiger partial charge in [-0.15, -0.1) is 0 Å². The minimum absolute atomic E-state index is 0.0408. The topological polar surface area (TPSA) is 53.8 Å². The van der Waals surface area contributed by atoms with Gasteiger partial charge in [0.25, 0.3) is 0 Å². The van der Waals surface area contributed by atoms with Crippen LogP contribution in [0.1, 0.15) is 55.2 Å². The van der Waals surface area contributed by atoms with Gasteiger partial charge in [0.2, 0.25) is 5.91 Å². The summed E-state index contributed by atoms with van der Waals surface area (Å²) in [7, 11) is 0. The summed E-state index contributed by atoms with van der Waals surface area (Å²) in [5.74, 6) is 2.86. The molecule has 5 heteroatoms. The summed E-state index contributed by atoms with van der Waals surface area (Å²) in [5, 5.41) is 1.03. The van der Waals surface area contributed by atoms with Crippen LogP contribution in [-0.4, -0.2) is 41.9 Å². The van der Waals surface area contributed by atoms with Crippen molar-refractivity contribution in [3.8, 4) is 0 Å². The molecular formula is C27H34N2O3. The van der Waals surface area contributed by atoms with Gasteiger partial charge in [0.15, 0.2) is 0 Å². The molecule has 1 amide bonds. The third-order valence-corrected chi connectivity index (χ3v) is 8.99. The molecule has 0 N–H and O–H groups in total. The number of amides is 1. The maximum Gasteiger partial charge on any atom is 0.336 e. The average molecular weight is 435 g/mol. The number of rotatable bonds is 3. The minimum Gasteiger partial charge on any atom is -0.423 e. The molecule has 2 heterocycles. The molecule has 0 spiro atoms. The van der Waals surface area contributed by atoms with Crippen LogP contribution in [0.15, 0.2) is 27.4 Å². The average Bonchev–Trinajstić information content (AvgIpc) is 2.74. The van der Waals surface area contributed by atoms with E-state index >= 15 is 0 Å². The number of carbonyl (C=O) groups excluding carboxylic acids is 1. The summed E-state index contributed by atoms with van der Waals surface area (Å²) in [6.45, 7) is 8.20. The van der Waals surface area contributed by atoms with Crippen molar-refractivity contribution < 1.29 is 9.21 Å². The summed E-state index contributed by atoms with van der Waals surface area (Å²) >= 11 is 0. The fourth-order valence-corrected chi connectivity index (χ4v) is 7.67. The fourth-order valence-electron chi connectivity index (χ4n) is 7.67. The Balaban J connectivity index is 1.15. The van der Waals surface area contributed by atoms with Gasteiger partial charge in [0, 0.05) is 44.2 Å². The first-order chi connectivity index (χ1) is 15.4. The molecule has 5 aliphatic rings. The van der Waals surface area contributed by atoms with Gasteiger partial charge >= 0.3 is 5.63 Å².